The van der Waals surface area contributed by atoms with Crippen LogP contribution in [-0.2, 0) is 23.0 Å². The fourth-order valence-corrected chi connectivity index (χ4v) is 4.10. The first-order chi connectivity index (χ1) is 13.4. The van der Waals surface area contributed by atoms with E-state index in [4.69, 9.17) is 4.52 Å². The number of aromatic nitrogens is 2. The molecule has 0 aliphatic carbocycles. The predicted molar refractivity (Wildman–Crippen MR) is 103 cm³/mol. The van der Waals surface area contributed by atoms with Gasteiger partial charge in [-0.3, -0.25) is 9.10 Å². The van der Waals surface area contributed by atoms with E-state index >= 15 is 0 Å². The van der Waals surface area contributed by atoms with Crippen molar-refractivity contribution in [1.29, 1.82) is 0 Å². The number of sulfonamides is 1. The highest BCUT2D eigenvalue weighted by molar-refractivity contribution is 7.92. The average molecular weight is 398 g/mol. The first kappa shape index (κ1) is 18.2. The molecule has 1 aliphatic heterocycles. The number of nitrogens with zero attached hydrogens (tertiary/aromatic N) is 3. The molecule has 28 heavy (non-hydrogen) atoms. The number of rotatable bonds is 5. The minimum Gasteiger partial charge on any atom is -0.345 e. The van der Waals surface area contributed by atoms with E-state index in [1.54, 1.807) is 18.2 Å². The van der Waals surface area contributed by atoms with E-state index in [0.29, 0.717) is 35.9 Å². The lowest BCUT2D eigenvalue weighted by molar-refractivity contribution is 0.0949. The molecule has 144 valence electrons. The van der Waals surface area contributed by atoms with Gasteiger partial charge >= 0.3 is 0 Å². The molecule has 1 amide bonds. The minimum atomic E-state index is -3.31. The van der Waals surface area contributed by atoms with Gasteiger partial charge in [-0.1, -0.05) is 23.4 Å². The topological polar surface area (TPSA) is 105 Å². The van der Waals surface area contributed by atoms with Gasteiger partial charge in [-0.05, 0) is 42.3 Å². The normalized spacial score (nSPS) is 13.4. The summed E-state index contributed by atoms with van der Waals surface area (Å²) in [5, 5.41) is 6.64. The number of fused-ring (bicyclic) bond motifs is 1. The summed E-state index contributed by atoms with van der Waals surface area (Å²) >= 11 is 0. The second-order valence-electron chi connectivity index (χ2n) is 6.49. The van der Waals surface area contributed by atoms with Gasteiger partial charge in [0.05, 0.1) is 18.5 Å². The van der Waals surface area contributed by atoms with Crippen molar-refractivity contribution in [3.8, 4) is 11.5 Å². The van der Waals surface area contributed by atoms with Gasteiger partial charge in [-0.25, -0.2) is 8.42 Å². The Morgan fingerprint density at radius 2 is 2.00 bits per heavy atom. The molecule has 0 spiro atoms. The number of hydrogen-bond donors (Lipinski definition) is 1. The molecule has 0 saturated carbocycles. The maximum atomic E-state index is 12.4. The highest BCUT2D eigenvalue weighted by atomic mass is 32.2. The van der Waals surface area contributed by atoms with Crippen LogP contribution in [0.2, 0.25) is 0 Å². The van der Waals surface area contributed by atoms with E-state index < -0.39 is 10.0 Å². The van der Waals surface area contributed by atoms with Crippen molar-refractivity contribution in [3.05, 3.63) is 65.5 Å². The lowest BCUT2D eigenvalue weighted by atomic mass is 10.1. The lowest BCUT2D eigenvalue weighted by Gasteiger charge is -2.16. The molecule has 0 radical (unpaired) electrons. The zero-order valence-electron chi connectivity index (χ0n) is 15.1. The molecule has 1 N–H and O–H groups in total. The highest BCUT2D eigenvalue weighted by Crippen LogP contribution is 2.30. The number of amides is 1. The van der Waals surface area contributed by atoms with Crippen LogP contribution < -0.4 is 9.62 Å². The molecule has 2 heterocycles. The number of anilines is 1. The maximum Gasteiger partial charge on any atom is 0.257 e. The summed E-state index contributed by atoms with van der Waals surface area (Å²) in [7, 11) is -3.31. The molecule has 9 heteroatoms. The number of carbonyl (C=O) groups is 1. The largest absolute Gasteiger partial charge is 0.345 e. The zero-order valence-corrected chi connectivity index (χ0v) is 15.9. The molecule has 0 atom stereocenters. The van der Waals surface area contributed by atoms with Crippen molar-refractivity contribution in [1.82, 2.24) is 15.5 Å². The molecule has 0 fully saturated rings. The molecule has 0 bridgehead atoms. The van der Waals surface area contributed by atoms with Crippen LogP contribution in [0.1, 0.15) is 21.7 Å². The Kier molecular flexibility index (Phi) is 4.60. The predicted octanol–water partition coefficient (Wildman–Crippen LogP) is 1.99. The fraction of sp³-hybridized carbons (Fsp3) is 0.211. The third kappa shape index (κ3) is 3.61. The third-order valence-electron chi connectivity index (χ3n) is 4.49. The smallest absolute Gasteiger partial charge is 0.257 e. The quantitative estimate of drug-likeness (QED) is 0.705. The summed E-state index contributed by atoms with van der Waals surface area (Å²) in [6.45, 7) is 0.520. The van der Waals surface area contributed by atoms with E-state index in [9.17, 15) is 13.2 Å². The van der Waals surface area contributed by atoms with Crippen LogP contribution in [0.5, 0.6) is 0 Å². The summed E-state index contributed by atoms with van der Waals surface area (Å²) in [4.78, 5) is 16.7. The van der Waals surface area contributed by atoms with Crippen LogP contribution in [0.3, 0.4) is 0 Å². The van der Waals surface area contributed by atoms with Crippen LogP contribution >= 0.6 is 0 Å². The second kappa shape index (κ2) is 7.08. The van der Waals surface area contributed by atoms with Crippen LogP contribution in [0.4, 0.5) is 5.69 Å². The number of hydrogen-bond acceptors (Lipinski definition) is 6. The van der Waals surface area contributed by atoms with Crippen LogP contribution in [0, 0.1) is 0 Å². The van der Waals surface area contributed by atoms with E-state index in [1.165, 1.54) is 10.6 Å². The van der Waals surface area contributed by atoms with Gasteiger partial charge in [0, 0.05) is 17.7 Å². The van der Waals surface area contributed by atoms with Gasteiger partial charge in [-0.2, -0.15) is 4.98 Å². The van der Waals surface area contributed by atoms with Crippen molar-refractivity contribution in [2.75, 3.05) is 17.1 Å². The third-order valence-corrected chi connectivity index (χ3v) is 5.67. The Hall–Kier alpha value is -3.20. The van der Waals surface area contributed by atoms with Crippen LogP contribution in [-0.4, -0.2) is 37.3 Å². The molecule has 1 aliphatic rings. The first-order valence-corrected chi connectivity index (χ1v) is 10.5. The van der Waals surface area contributed by atoms with E-state index in [-0.39, 0.29) is 12.5 Å². The van der Waals surface area contributed by atoms with Crippen molar-refractivity contribution < 1.29 is 17.7 Å². The lowest BCUT2D eigenvalue weighted by Crippen LogP contribution is -2.27. The Balaban J connectivity index is 1.43. The molecular weight excluding hydrogens is 380 g/mol. The molecule has 1 aromatic heterocycles. The summed E-state index contributed by atoms with van der Waals surface area (Å²) in [6, 6.07) is 14.4. The Morgan fingerprint density at radius 1 is 1.21 bits per heavy atom. The van der Waals surface area contributed by atoms with Gasteiger partial charge in [0.15, 0.2) is 5.82 Å². The highest BCUT2D eigenvalue weighted by Gasteiger charge is 2.26. The summed E-state index contributed by atoms with van der Waals surface area (Å²) < 4.78 is 30.2. The van der Waals surface area contributed by atoms with Crippen LogP contribution in [0.25, 0.3) is 11.5 Å². The number of benzene rings is 2. The molecule has 3 aromatic rings. The second-order valence-corrected chi connectivity index (χ2v) is 8.40. The number of carbonyl (C=O) groups excluding carboxylic acids is 1. The summed E-state index contributed by atoms with van der Waals surface area (Å²) in [5.41, 5.74) is 2.73. The molecule has 4 rings (SSSR count). The Morgan fingerprint density at radius 3 is 2.75 bits per heavy atom. The number of nitrogens with one attached hydrogen (secondary N) is 1. The van der Waals surface area contributed by atoms with E-state index in [2.05, 4.69) is 15.5 Å². The van der Waals surface area contributed by atoms with Crippen molar-refractivity contribution in [2.24, 2.45) is 0 Å². The van der Waals surface area contributed by atoms with Gasteiger partial charge < -0.3 is 9.84 Å². The molecule has 0 unspecified atom stereocenters. The molecule has 8 nitrogen and oxygen atoms in total. The standard InChI is InChI=1S/C19H18N4O4S/c1-28(25,26)23-10-9-14-11-15(7-8-16(14)23)18(24)20-12-17-21-19(27-22-17)13-5-3-2-4-6-13/h2-8,11H,9-10,12H2,1H3,(H,20,24). The summed E-state index contributed by atoms with van der Waals surface area (Å²) in [6.07, 6.45) is 1.76. The zero-order chi connectivity index (χ0) is 19.7. The van der Waals surface area contributed by atoms with Gasteiger partial charge in [0.1, 0.15) is 0 Å². The Labute approximate surface area is 162 Å². The van der Waals surface area contributed by atoms with Crippen molar-refractivity contribution in [2.45, 2.75) is 13.0 Å². The monoisotopic (exact) mass is 398 g/mol. The molecule has 0 saturated heterocycles. The molecule has 2 aromatic carbocycles. The van der Waals surface area contributed by atoms with E-state index in [1.807, 2.05) is 30.3 Å². The van der Waals surface area contributed by atoms with Gasteiger partial charge in [0.25, 0.3) is 11.8 Å². The van der Waals surface area contributed by atoms with Crippen molar-refractivity contribution in [3.63, 3.8) is 0 Å². The minimum absolute atomic E-state index is 0.127. The van der Waals surface area contributed by atoms with Gasteiger partial charge in [-0.15, -0.1) is 0 Å². The van der Waals surface area contributed by atoms with Crippen LogP contribution in [0.15, 0.2) is 53.1 Å². The Bertz CT molecular complexity index is 1130. The van der Waals surface area contributed by atoms with Crippen molar-refractivity contribution >= 4 is 21.6 Å². The fourth-order valence-electron chi connectivity index (χ4n) is 3.14. The SMILES string of the molecule is CS(=O)(=O)N1CCc2cc(C(=O)NCc3noc(-c4ccccc4)n3)ccc21. The maximum absolute atomic E-state index is 12.4. The average Bonchev–Trinajstić information content (AvgIpc) is 3.33. The van der Waals surface area contributed by atoms with E-state index in [0.717, 1.165) is 11.1 Å². The first-order valence-electron chi connectivity index (χ1n) is 8.69. The molecular formula is C19H18N4O4S. The van der Waals surface area contributed by atoms with Gasteiger partial charge in [0.2, 0.25) is 10.0 Å². The summed E-state index contributed by atoms with van der Waals surface area (Å²) in [5.74, 6) is 0.478.